The van der Waals surface area contributed by atoms with Crippen LogP contribution in [0.5, 0.6) is 0 Å². The van der Waals surface area contributed by atoms with Crippen molar-refractivity contribution in [2.45, 2.75) is 25.8 Å². The summed E-state index contributed by atoms with van der Waals surface area (Å²) in [5.74, 6) is 0.670. The summed E-state index contributed by atoms with van der Waals surface area (Å²) in [6, 6.07) is 0.337. The highest BCUT2D eigenvalue weighted by atomic mass is 16.2. The lowest BCUT2D eigenvalue weighted by Gasteiger charge is -2.35. The van der Waals surface area contributed by atoms with E-state index in [4.69, 9.17) is 0 Å². The first-order valence-corrected chi connectivity index (χ1v) is 9.28. The average Bonchev–Trinajstić information content (AvgIpc) is 2.76. The zero-order chi connectivity index (χ0) is 18.8. The maximum Gasteiger partial charge on any atom is 0.238 e. The predicted molar refractivity (Wildman–Crippen MR) is 99.8 cm³/mol. The molecule has 0 unspecified atom stereocenters. The van der Waals surface area contributed by atoms with Crippen LogP contribution in [0.25, 0.3) is 0 Å². The van der Waals surface area contributed by atoms with Gasteiger partial charge in [0.25, 0.3) is 0 Å². The molecule has 3 aliphatic heterocycles. The van der Waals surface area contributed by atoms with Crippen LogP contribution in [0.15, 0.2) is 6.20 Å². The number of nitrogens with zero attached hydrogens (tertiary/aromatic N) is 5. The van der Waals surface area contributed by atoms with Gasteiger partial charge in [-0.05, 0) is 25.7 Å². The molecule has 144 valence electrons. The van der Waals surface area contributed by atoms with Crippen LogP contribution in [0, 0.1) is 12.8 Å². The molecule has 0 spiro atoms. The Morgan fingerprint density at radius 2 is 2.00 bits per heavy atom. The molecule has 2 atom stereocenters. The highest BCUT2D eigenvalue weighted by Crippen LogP contribution is 2.27. The van der Waals surface area contributed by atoms with Crippen LogP contribution in [0.4, 0.5) is 5.69 Å². The fourth-order valence-corrected chi connectivity index (χ4v) is 3.93. The topological polar surface area (TPSA) is 73.7 Å². The average molecular weight is 362 g/mol. The van der Waals surface area contributed by atoms with E-state index in [0.29, 0.717) is 25.0 Å². The molecule has 3 aliphatic rings. The number of aromatic nitrogens is 2. The van der Waals surface area contributed by atoms with Crippen LogP contribution in [0.2, 0.25) is 0 Å². The monoisotopic (exact) mass is 362 g/mol. The highest BCUT2D eigenvalue weighted by molar-refractivity contribution is 5.92. The number of amides is 2. The second-order valence-corrected chi connectivity index (χ2v) is 7.82. The number of hydrogen-bond acceptors (Lipinski definition) is 5. The van der Waals surface area contributed by atoms with Crippen LogP contribution < -0.4 is 5.32 Å². The Morgan fingerprint density at radius 3 is 2.65 bits per heavy atom. The van der Waals surface area contributed by atoms with Gasteiger partial charge in [-0.2, -0.15) is 5.10 Å². The minimum absolute atomic E-state index is 0.00423. The molecule has 8 nitrogen and oxygen atoms in total. The third-order valence-corrected chi connectivity index (χ3v) is 5.62. The maximum atomic E-state index is 12.5. The smallest absolute Gasteiger partial charge is 0.238 e. The molecule has 4 heterocycles. The summed E-state index contributed by atoms with van der Waals surface area (Å²) in [6.45, 7) is 5.53. The van der Waals surface area contributed by atoms with Crippen LogP contribution >= 0.6 is 0 Å². The van der Waals surface area contributed by atoms with E-state index in [9.17, 15) is 9.59 Å². The zero-order valence-corrected chi connectivity index (χ0v) is 16.2. The van der Waals surface area contributed by atoms with Crippen molar-refractivity contribution in [3.05, 3.63) is 11.9 Å². The minimum atomic E-state index is 0.00423. The molecule has 0 aromatic carbocycles. The number of fused-ring (bicyclic) bond motifs is 4. The van der Waals surface area contributed by atoms with Gasteiger partial charge in [0.1, 0.15) is 0 Å². The first-order valence-electron chi connectivity index (χ1n) is 9.28. The summed E-state index contributed by atoms with van der Waals surface area (Å²) in [7, 11) is 5.46. The molecule has 8 heteroatoms. The summed E-state index contributed by atoms with van der Waals surface area (Å²) >= 11 is 0. The lowest BCUT2D eigenvalue weighted by Crippen LogP contribution is -2.47. The Kier molecular flexibility index (Phi) is 5.62. The summed E-state index contributed by atoms with van der Waals surface area (Å²) in [4.78, 5) is 30.8. The lowest BCUT2D eigenvalue weighted by molar-refractivity contribution is -0.130. The van der Waals surface area contributed by atoms with Gasteiger partial charge < -0.3 is 10.2 Å². The number of nitrogens with one attached hydrogen (secondary N) is 1. The zero-order valence-electron chi connectivity index (χ0n) is 16.2. The van der Waals surface area contributed by atoms with E-state index >= 15 is 0 Å². The van der Waals surface area contributed by atoms with Crippen LogP contribution in [-0.4, -0.2) is 89.2 Å². The summed E-state index contributed by atoms with van der Waals surface area (Å²) in [6.07, 6.45) is 3.96. The van der Waals surface area contributed by atoms with Crippen molar-refractivity contribution < 1.29 is 9.59 Å². The van der Waals surface area contributed by atoms with E-state index in [0.717, 1.165) is 37.4 Å². The van der Waals surface area contributed by atoms with Gasteiger partial charge >= 0.3 is 0 Å². The summed E-state index contributed by atoms with van der Waals surface area (Å²) in [5.41, 5.74) is 1.72. The second-order valence-electron chi connectivity index (χ2n) is 7.82. The number of likely N-dealkylation sites (N-methyl/N-ethyl adjacent to an activating group) is 1. The number of anilines is 1. The van der Waals surface area contributed by atoms with Crippen molar-refractivity contribution in [3.63, 3.8) is 0 Å². The van der Waals surface area contributed by atoms with Crippen LogP contribution in [-0.2, 0) is 16.6 Å². The second kappa shape index (κ2) is 7.75. The minimum Gasteiger partial charge on any atom is -0.348 e. The molecule has 4 rings (SSSR count). The fourth-order valence-electron chi connectivity index (χ4n) is 3.93. The van der Waals surface area contributed by atoms with Gasteiger partial charge in [-0.15, -0.1) is 0 Å². The first-order chi connectivity index (χ1) is 12.3. The lowest BCUT2D eigenvalue weighted by atomic mass is 9.95. The fraction of sp³-hybridized carbons (Fsp3) is 0.722. The molecule has 1 aromatic heterocycles. The van der Waals surface area contributed by atoms with Gasteiger partial charge in [-0.3, -0.25) is 24.1 Å². The van der Waals surface area contributed by atoms with Crippen molar-refractivity contribution in [2.24, 2.45) is 13.0 Å². The normalized spacial score (nSPS) is 23.7. The molecule has 3 saturated heterocycles. The molecule has 3 fully saturated rings. The first kappa shape index (κ1) is 18.8. The molecular formula is C18H30N6O2. The van der Waals surface area contributed by atoms with E-state index < -0.39 is 0 Å². The number of carbonyl (C=O) groups is 2. The van der Waals surface area contributed by atoms with E-state index in [-0.39, 0.29) is 11.8 Å². The Hall–Kier alpha value is -1.93. The van der Waals surface area contributed by atoms with Gasteiger partial charge in [-0.1, -0.05) is 0 Å². The van der Waals surface area contributed by atoms with Gasteiger partial charge in [0, 0.05) is 46.8 Å². The van der Waals surface area contributed by atoms with Gasteiger partial charge in [-0.25, -0.2) is 0 Å². The molecule has 26 heavy (non-hydrogen) atoms. The van der Waals surface area contributed by atoms with E-state index in [1.807, 2.05) is 14.0 Å². The third kappa shape index (κ3) is 4.24. The van der Waals surface area contributed by atoms with Crippen LogP contribution in [0.1, 0.15) is 18.5 Å². The Bertz CT molecular complexity index is 671. The number of hydrogen-bond donors (Lipinski definition) is 1. The van der Waals surface area contributed by atoms with E-state index in [1.165, 1.54) is 6.42 Å². The summed E-state index contributed by atoms with van der Waals surface area (Å²) in [5, 5.41) is 7.14. The molecule has 0 aliphatic carbocycles. The van der Waals surface area contributed by atoms with Gasteiger partial charge in [0.2, 0.25) is 11.8 Å². The predicted octanol–water partition coefficient (Wildman–Crippen LogP) is 0.151. The number of rotatable bonds is 5. The number of carbonyl (C=O) groups excluding carboxylic acids is 2. The Morgan fingerprint density at radius 1 is 1.23 bits per heavy atom. The summed E-state index contributed by atoms with van der Waals surface area (Å²) < 4.78 is 1.75. The molecule has 0 saturated carbocycles. The van der Waals surface area contributed by atoms with Crippen molar-refractivity contribution in [1.29, 1.82) is 0 Å². The Balaban J connectivity index is 1.58. The molecular weight excluding hydrogens is 332 g/mol. The highest BCUT2D eigenvalue weighted by Gasteiger charge is 2.36. The third-order valence-electron chi connectivity index (χ3n) is 5.62. The van der Waals surface area contributed by atoms with Gasteiger partial charge in [0.05, 0.1) is 30.7 Å². The Labute approximate surface area is 155 Å². The molecule has 1 N–H and O–H groups in total. The SMILES string of the molecule is Cc1c(NC(=O)CN2C[C@H]3CC[C@@H]2CN(CC(=O)N(C)C)C3)cnn1C. The van der Waals surface area contributed by atoms with Crippen molar-refractivity contribution in [1.82, 2.24) is 24.5 Å². The van der Waals surface area contributed by atoms with Gasteiger partial charge in [0.15, 0.2) is 0 Å². The van der Waals surface area contributed by atoms with Crippen molar-refractivity contribution in [3.8, 4) is 0 Å². The molecule has 0 radical (unpaired) electrons. The molecule has 1 aromatic rings. The standard InChI is InChI=1S/C18H30N6O2/c1-13-16(7-19-22(13)4)20-17(25)11-24-9-14-5-6-15(24)10-23(8-14)12-18(26)21(2)3/h7,14-15H,5-6,8-12H2,1-4H3,(H,20,25)/t14-,15+/m0/s1. The molecule has 2 amide bonds. The van der Waals surface area contributed by atoms with Crippen molar-refractivity contribution >= 4 is 17.5 Å². The largest absolute Gasteiger partial charge is 0.348 e. The number of piperidine rings is 1. The quantitative estimate of drug-likeness (QED) is 0.807. The maximum absolute atomic E-state index is 12.5. The van der Waals surface area contributed by atoms with E-state index in [2.05, 4.69) is 20.2 Å². The van der Waals surface area contributed by atoms with E-state index in [1.54, 1.807) is 29.9 Å². The molecule has 2 bridgehead atoms. The van der Waals surface area contributed by atoms with Crippen LogP contribution in [0.3, 0.4) is 0 Å². The number of aryl methyl sites for hydroxylation is 1. The van der Waals surface area contributed by atoms with Crippen molar-refractivity contribution in [2.75, 3.05) is 52.1 Å².